The molecule has 0 spiro atoms. The highest BCUT2D eigenvalue weighted by molar-refractivity contribution is 5.73. The Bertz CT molecular complexity index is 386. The number of piperidine rings is 1. The Morgan fingerprint density at radius 1 is 1.26 bits per heavy atom. The van der Waals surface area contributed by atoms with E-state index < -0.39 is 0 Å². The highest BCUT2D eigenvalue weighted by atomic mass is 16.5. The standard InChI is InChI=1S/C15H22N2O2/c16-15(18)12-13-6-8-17(9-7-13)10-11-19-14-4-2-1-3-5-14/h1-5,13H,6-12H2,(H2,16,18). The van der Waals surface area contributed by atoms with Crippen molar-refractivity contribution >= 4 is 5.91 Å². The second-order valence-corrected chi connectivity index (χ2v) is 5.12. The van der Waals surface area contributed by atoms with Crippen LogP contribution in [0.25, 0.3) is 0 Å². The summed E-state index contributed by atoms with van der Waals surface area (Å²) in [5.41, 5.74) is 5.23. The molecule has 19 heavy (non-hydrogen) atoms. The Morgan fingerprint density at radius 2 is 1.95 bits per heavy atom. The summed E-state index contributed by atoms with van der Waals surface area (Å²) in [6.07, 6.45) is 2.66. The van der Waals surface area contributed by atoms with Crippen molar-refractivity contribution in [3.8, 4) is 5.75 Å². The Hall–Kier alpha value is -1.55. The molecule has 0 unspecified atom stereocenters. The van der Waals surface area contributed by atoms with Gasteiger partial charge in [0.25, 0.3) is 0 Å². The molecule has 0 atom stereocenters. The summed E-state index contributed by atoms with van der Waals surface area (Å²) < 4.78 is 5.68. The fourth-order valence-corrected chi connectivity index (χ4v) is 2.51. The molecule has 1 aliphatic heterocycles. The molecule has 4 nitrogen and oxygen atoms in total. The molecule has 1 aromatic carbocycles. The van der Waals surface area contributed by atoms with Gasteiger partial charge in [-0.15, -0.1) is 0 Å². The van der Waals surface area contributed by atoms with Gasteiger partial charge in [0.15, 0.2) is 0 Å². The van der Waals surface area contributed by atoms with Gasteiger partial charge >= 0.3 is 0 Å². The maximum atomic E-state index is 10.9. The van der Waals surface area contributed by atoms with E-state index in [0.29, 0.717) is 18.9 Å². The van der Waals surface area contributed by atoms with Crippen molar-refractivity contribution in [1.82, 2.24) is 4.90 Å². The quantitative estimate of drug-likeness (QED) is 0.848. The van der Waals surface area contributed by atoms with Gasteiger partial charge in [0.2, 0.25) is 5.91 Å². The first-order valence-corrected chi connectivity index (χ1v) is 6.92. The minimum atomic E-state index is -0.175. The second kappa shape index (κ2) is 7.14. The number of carbonyl (C=O) groups excluding carboxylic acids is 1. The van der Waals surface area contributed by atoms with E-state index in [1.807, 2.05) is 30.3 Å². The smallest absolute Gasteiger partial charge is 0.217 e. The predicted molar refractivity (Wildman–Crippen MR) is 74.9 cm³/mol. The summed E-state index contributed by atoms with van der Waals surface area (Å²) in [4.78, 5) is 13.3. The van der Waals surface area contributed by atoms with Crippen LogP contribution in [0.5, 0.6) is 5.75 Å². The van der Waals surface area contributed by atoms with Gasteiger partial charge in [-0.2, -0.15) is 0 Å². The third-order valence-corrected chi connectivity index (χ3v) is 3.62. The Morgan fingerprint density at radius 3 is 2.58 bits per heavy atom. The van der Waals surface area contributed by atoms with Gasteiger partial charge in [-0.05, 0) is 44.0 Å². The summed E-state index contributed by atoms with van der Waals surface area (Å²) in [5, 5.41) is 0. The van der Waals surface area contributed by atoms with Crippen molar-refractivity contribution in [1.29, 1.82) is 0 Å². The number of primary amides is 1. The lowest BCUT2D eigenvalue weighted by atomic mass is 9.93. The van der Waals surface area contributed by atoms with Gasteiger partial charge in [0, 0.05) is 13.0 Å². The lowest BCUT2D eigenvalue weighted by molar-refractivity contribution is -0.119. The average Bonchev–Trinajstić information content (AvgIpc) is 2.41. The SMILES string of the molecule is NC(=O)CC1CCN(CCOc2ccccc2)CC1. The van der Waals surface area contributed by atoms with Crippen molar-refractivity contribution in [2.45, 2.75) is 19.3 Å². The van der Waals surface area contributed by atoms with Gasteiger partial charge in [-0.3, -0.25) is 9.69 Å². The summed E-state index contributed by atoms with van der Waals surface area (Å²) in [7, 11) is 0. The van der Waals surface area contributed by atoms with Crippen molar-refractivity contribution < 1.29 is 9.53 Å². The monoisotopic (exact) mass is 262 g/mol. The maximum absolute atomic E-state index is 10.9. The van der Waals surface area contributed by atoms with Crippen LogP contribution < -0.4 is 10.5 Å². The number of hydrogen-bond donors (Lipinski definition) is 1. The normalized spacial score (nSPS) is 17.3. The Labute approximate surface area is 114 Å². The number of para-hydroxylation sites is 1. The highest BCUT2D eigenvalue weighted by Crippen LogP contribution is 2.19. The molecular weight excluding hydrogens is 240 g/mol. The van der Waals surface area contributed by atoms with E-state index in [2.05, 4.69) is 4.90 Å². The molecule has 1 aliphatic rings. The van der Waals surface area contributed by atoms with E-state index in [1.54, 1.807) is 0 Å². The number of nitrogens with zero attached hydrogens (tertiary/aromatic N) is 1. The van der Waals surface area contributed by atoms with Crippen molar-refractivity contribution in [3.05, 3.63) is 30.3 Å². The number of rotatable bonds is 6. The summed E-state index contributed by atoms with van der Waals surface area (Å²) in [5.74, 6) is 1.22. The van der Waals surface area contributed by atoms with Crippen molar-refractivity contribution in [2.24, 2.45) is 11.7 Å². The van der Waals surface area contributed by atoms with Crippen LogP contribution in [0.1, 0.15) is 19.3 Å². The maximum Gasteiger partial charge on any atom is 0.217 e. The third-order valence-electron chi connectivity index (χ3n) is 3.62. The third kappa shape index (κ3) is 4.91. The molecule has 0 aromatic heterocycles. The summed E-state index contributed by atoms with van der Waals surface area (Å²) in [6.45, 7) is 3.73. The first kappa shape index (κ1) is 13.9. The number of hydrogen-bond acceptors (Lipinski definition) is 3. The van der Waals surface area contributed by atoms with E-state index in [-0.39, 0.29) is 5.91 Å². The number of benzene rings is 1. The van der Waals surface area contributed by atoms with E-state index in [0.717, 1.165) is 38.2 Å². The lowest BCUT2D eigenvalue weighted by Gasteiger charge is -2.31. The van der Waals surface area contributed by atoms with E-state index >= 15 is 0 Å². The van der Waals surface area contributed by atoms with E-state index in [1.165, 1.54) is 0 Å². The molecule has 2 N–H and O–H groups in total. The average molecular weight is 262 g/mol. The molecule has 1 fully saturated rings. The number of nitrogens with two attached hydrogens (primary N) is 1. The van der Waals surface area contributed by atoms with Gasteiger partial charge in [0.05, 0.1) is 0 Å². The van der Waals surface area contributed by atoms with E-state index in [9.17, 15) is 4.79 Å². The first-order chi connectivity index (χ1) is 9.24. The Kier molecular flexibility index (Phi) is 5.21. The largest absolute Gasteiger partial charge is 0.492 e. The summed E-state index contributed by atoms with van der Waals surface area (Å²) in [6, 6.07) is 9.88. The van der Waals surface area contributed by atoms with Crippen LogP contribution in [0.15, 0.2) is 30.3 Å². The van der Waals surface area contributed by atoms with Gasteiger partial charge in [-0.25, -0.2) is 0 Å². The number of likely N-dealkylation sites (tertiary alicyclic amines) is 1. The zero-order valence-corrected chi connectivity index (χ0v) is 11.3. The molecule has 1 saturated heterocycles. The van der Waals surface area contributed by atoms with Crippen LogP contribution in [-0.2, 0) is 4.79 Å². The van der Waals surface area contributed by atoms with Crippen LogP contribution in [-0.4, -0.2) is 37.0 Å². The van der Waals surface area contributed by atoms with Crippen LogP contribution in [0, 0.1) is 5.92 Å². The van der Waals surface area contributed by atoms with E-state index in [4.69, 9.17) is 10.5 Å². The van der Waals surface area contributed by atoms with Crippen LogP contribution in [0.3, 0.4) is 0 Å². The van der Waals surface area contributed by atoms with Gasteiger partial charge in [-0.1, -0.05) is 18.2 Å². The zero-order chi connectivity index (χ0) is 13.5. The minimum absolute atomic E-state index is 0.175. The highest BCUT2D eigenvalue weighted by Gasteiger charge is 2.20. The number of ether oxygens (including phenoxy) is 1. The van der Waals surface area contributed by atoms with Crippen LogP contribution >= 0.6 is 0 Å². The molecular formula is C15H22N2O2. The van der Waals surface area contributed by atoms with Crippen molar-refractivity contribution in [2.75, 3.05) is 26.2 Å². The van der Waals surface area contributed by atoms with Crippen LogP contribution in [0.4, 0.5) is 0 Å². The fourth-order valence-electron chi connectivity index (χ4n) is 2.51. The van der Waals surface area contributed by atoms with Crippen molar-refractivity contribution in [3.63, 3.8) is 0 Å². The molecule has 1 amide bonds. The predicted octanol–water partition coefficient (Wildman–Crippen LogP) is 1.65. The molecule has 1 heterocycles. The molecule has 0 saturated carbocycles. The summed E-state index contributed by atoms with van der Waals surface area (Å²) >= 11 is 0. The molecule has 0 aliphatic carbocycles. The molecule has 104 valence electrons. The van der Waals surface area contributed by atoms with Crippen LogP contribution in [0.2, 0.25) is 0 Å². The molecule has 0 radical (unpaired) electrons. The lowest BCUT2D eigenvalue weighted by Crippen LogP contribution is -2.37. The van der Waals surface area contributed by atoms with Gasteiger partial charge in [0.1, 0.15) is 12.4 Å². The topological polar surface area (TPSA) is 55.6 Å². The van der Waals surface area contributed by atoms with Gasteiger partial charge < -0.3 is 10.5 Å². The molecule has 2 rings (SSSR count). The zero-order valence-electron chi connectivity index (χ0n) is 11.3. The number of carbonyl (C=O) groups is 1. The minimum Gasteiger partial charge on any atom is -0.492 e. The first-order valence-electron chi connectivity index (χ1n) is 6.92. The second-order valence-electron chi connectivity index (χ2n) is 5.12. The molecule has 1 aromatic rings. The molecule has 0 bridgehead atoms. The molecule has 4 heteroatoms. The fraction of sp³-hybridized carbons (Fsp3) is 0.533. The Balaban J connectivity index is 1.62. The number of amides is 1.